The molecule has 2 N–H and O–H groups in total. The van der Waals surface area contributed by atoms with Gasteiger partial charge in [0.05, 0.1) is 24.1 Å². The van der Waals surface area contributed by atoms with Gasteiger partial charge in [-0.1, -0.05) is 13.8 Å². The van der Waals surface area contributed by atoms with Gasteiger partial charge in [-0.2, -0.15) is 13.2 Å². The lowest BCUT2D eigenvalue weighted by molar-refractivity contribution is -0.140. The van der Waals surface area contributed by atoms with Crippen LogP contribution in [0.1, 0.15) is 24.2 Å². The maximum atomic E-state index is 15.2. The standard InChI is InChI=1S/C20H22F4N2O5/c1-9-5-25(6-10(2)16(9)27)15-13(21)4-11-14(18(15)31-3)26(8-20(22,23)24)7-12(17(11)28)19(29)30/h4,7,9-10,16,27H,5-6,8H2,1-3H3,(H,29,30)/t9-,10+,16-. The molecule has 11 heteroatoms. The number of fused-ring (bicyclic) bond motifs is 1. The highest BCUT2D eigenvalue weighted by atomic mass is 19.4. The van der Waals surface area contributed by atoms with Gasteiger partial charge in [0.15, 0.2) is 11.6 Å². The van der Waals surface area contributed by atoms with Gasteiger partial charge < -0.3 is 24.4 Å². The Bertz CT molecular complexity index is 1070. The van der Waals surface area contributed by atoms with Crippen molar-refractivity contribution < 1.29 is 37.3 Å². The van der Waals surface area contributed by atoms with Crippen LogP contribution < -0.4 is 15.1 Å². The van der Waals surface area contributed by atoms with Crippen LogP contribution in [0.4, 0.5) is 23.2 Å². The first kappa shape index (κ1) is 22.9. The molecule has 0 radical (unpaired) electrons. The average molecular weight is 446 g/mol. The Morgan fingerprint density at radius 3 is 2.32 bits per heavy atom. The summed E-state index contributed by atoms with van der Waals surface area (Å²) in [6.45, 7) is 2.34. The predicted molar refractivity (Wildman–Crippen MR) is 104 cm³/mol. The van der Waals surface area contributed by atoms with Crippen molar-refractivity contribution in [2.45, 2.75) is 32.7 Å². The second kappa shape index (κ2) is 8.03. The first-order chi connectivity index (χ1) is 14.4. The molecule has 2 aromatic rings. The number of pyridine rings is 1. The SMILES string of the molecule is COc1c(N2C[C@@H](C)[C@@H](O)[C@@H](C)C2)c(F)cc2c(=O)c(C(=O)O)cn(CC(F)(F)F)c12. The van der Waals surface area contributed by atoms with E-state index in [1.165, 1.54) is 0 Å². The molecule has 0 amide bonds. The summed E-state index contributed by atoms with van der Waals surface area (Å²) in [5.74, 6) is -3.47. The minimum Gasteiger partial charge on any atom is -0.492 e. The minimum atomic E-state index is -4.74. The van der Waals surface area contributed by atoms with Gasteiger partial charge in [-0.3, -0.25) is 4.79 Å². The summed E-state index contributed by atoms with van der Waals surface area (Å²) in [5.41, 5.74) is -2.51. The maximum Gasteiger partial charge on any atom is 0.406 e. The van der Waals surface area contributed by atoms with Crippen LogP contribution in [0.2, 0.25) is 0 Å². The molecule has 7 nitrogen and oxygen atoms in total. The number of halogens is 4. The van der Waals surface area contributed by atoms with E-state index in [-0.39, 0.29) is 41.9 Å². The van der Waals surface area contributed by atoms with E-state index in [1.807, 2.05) is 0 Å². The van der Waals surface area contributed by atoms with Crippen molar-refractivity contribution in [1.29, 1.82) is 0 Å². The van der Waals surface area contributed by atoms with Crippen molar-refractivity contribution in [3.8, 4) is 5.75 Å². The van der Waals surface area contributed by atoms with E-state index in [0.717, 1.165) is 13.2 Å². The number of benzene rings is 1. The molecule has 0 unspecified atom stereocenters. The first-order valence-corrected chi connectivity index (χ1v) is 9.52. The van der Waals surface area contributed by atoms with Gasteiger partial charge in [0.1, 0.15) is 17.8 Å². The van der Waals surface area contributed by atoms with Crippen molar-refractivity contribution in [3.63, 3.8) is 0 Å². The summed E-state index contributed by atoms with van der Waals surface area (Å²) < 4.78 is 60.7. The number of ether oxygens (including phenoxy) is 1. The van der Waals surface area contributed by atoms with Gasteiger partial charge in [0.2, 0.25) is 5.43 Å². The van der Waals surface area contributed by atoms with Crippen molar-refractivity contribution >= 4 is 22.6 Å². The highest BCUT2D eigenvalue weighted by Gasteiger charge is 2.35. The summed E-state index contributed by atoms with van der Waals surface area (Å²) in [7, 11) is 1.14. The number of aromatic carboxylic acids is 1. The molecule has 31 heavy (non-hydrogen) atoms. The van der Waals surface area contributed by atoms with E-state index in [0.29, 0.717) is 10.8 Å². The quantitative estimate of drug-likeness (QED) is 0.702. The van der Waals surface area contributed by atoms with Gasteiger partial charge >= 0.3 is 12.1 Å². The number of piperidine rings is 1. The number of methoxy groups -OCH3 is 1. The Morgan fingerprint density at radius 2 is 1.84 bits per heavy atom. The number of carboxylic acids is 1. The number of alkyl halides is 3. The number of aliphatic hydroxyl groups excluding tert-OH is 1. The van der Waals surface area contributed by atoms with E-state index < -0.39 is 47.0 Å². The Hall–Kier alpha value is -2.82. The molecule has 170 valence electrons. The number of anilines is 1. The molecule has 0 aliphatic carbocycles. The summed E-state index contributed by atoms with van der Waals surface area (Å²) in [6, 6.07) is 0.745. The summed E-state index contributed by atoms with van der Waals surface area (Å²) in [4.78, 5) is 25.5. The van der Waals surface area contributed by atoms with Crippen LogP contribution in [0, 0.1) is 17.7 Å². The third-order valence-corrected chi connectivity index (χ3v) is 5.53. The lowest BCUT2D eigenvalue weighted by atomic mass is 9.88. The monoisotopic (exact) mass is 446 g/mol. The molecule has 1 aromatic heterocycles. The van der Waals surface area contributed by atoms with Crippen LogP contribution in [-0.2, 0) is 6.54 Å². The molecule has 0 bridgehead atoms. The Morgan fingerprint density at radius 1 is 1.26 bits per heavy atom. The lowest BCUT2D eigenvalue weighted by Gasteiger charge is -2.40. The minimum absolute atomic E-state index is 0.140. The first-order valence-electron chi connectivity index (χ1n) is 9.52. The normalized spacial score (nSPS) is 22.1. The van der Waals surface area contributed by atoms with Crippen LogP contribution in [0.15, 0.2) is 17.1 Å². The van der Waals surface area contributed by atoms with Crippen LogP contribution in [0.3, 0.4) is 0 Å². The van der Waals surface area contributed by atoms with Crippen molar-refractivity contribution in [1.82, 2.24) is 4.57 Å². The molecule has 1 aliphatic rings. The number of nitrogens with zero attached hydrogens (tertiary/aromatic N) is 2. The molecule has 2 heterocycles. The van der Waals surface area contributed by atoms with E-state index in [4.69, 9.17) is 4.74 Å². The van der Waals surface area contributed by atoms with Crippen molar-refractivity contribution in [2.24, 2.45) is 11.8 Å². The lowest BCUT2D eigenvalue weighted by Crippen LogP contribution is -2.47. The smallest absolute Gasteiger partial charge is 0.406 e. The maximum absolute atomic E-state index is 15.2. The summed E-state index contributed by atoms with van der Waals surface area (Å²) in [5, 5.41) is 18.9. The number of aliphatic hydroxyl groups is 1. The highest BCUT2D eigenvalue weighted by Crippen LogP contribution is 2.41. The molecule has 1 aromatic carbocycles. The third kappa shape index (κ3) is 4.18. The fraction of sp³-hybridized carbons (Fsp3) is 0.500. The molecule has 1 fully saturated rings. The van der Waals surface area contributed by atoms with E-state index in [9.17, 15) is 33.0 Å². The molecule has 1 aliphatic heterocycles. The van der Waals surface area contributed by atoms with Crippen molar-refractivity contribution in [3.05, 3.63) is 33.9 Å². The van der Waals surface area contributed by atoms with Gasteiger partial charge in [0, 0.05) is 19.3 Å². The number of hydrogen-bond donors (Lipinski definition) is 2. The number of aromatic nitrogens is 1. The van der Waals surface area contributed by atoms with Crippen LogP contribution in [-0.4, -0.2) is 53.2 Å². The van der Waals surface area contributed by atoms with Gasteiger partial charge in [-0.05, 0) is 17.9 Å². The fourth-order valence-corrected chi connectivity index (χ4v) is 4.18. The third-order valence-electron chi connectivity index (χ3n) is 5.53. The molecular weight excluding hydrogens is 424 g/mol. The molecule has 0 saturated carbocycles. The topological polar surface area (TPSA) is 92.0 Å². The number of hydrogen-bond acceptors (Lipinski definition) is 5. The van der Waals surface area contributed by atoms with Crippen LogP contribution in [0.5, 0.6) is 5.75 Å². The zero-order valence-corrected chi connectivity index (χ0v) is 17.0. The van der Waals surface area contributed by atoms with Gasteiger partial charge in [0.25, 0.3) is 0 Å². The van der Waals surface area contributed by atoms with E-state index in [2.05, 4.69) is 0 Å². The zero-order valence-electron chi connectivity index (χ0n) is 17.0. The average Bonchev–Trinajstić information content (AvgIpc) is 2.65. The zero-order chi connectivity index (χ0) is 23.2. The van der Waals surface area contributed by atoms with Crippen molar-refractivity contribution in [2.75, 3.05) is 25.1 Å². The number of carboxylic acid groups (broad SMARTS) is 1. The largest absolute Gasteiger partial charge is 0.492 e. The fourth-order valence-electron chi connectivity index (χ4n) is 4.18. The Labute approximate surface area is 174 Å². The van der Waals surface area contributed by atoms with Crippen LogP contribution in [0.25, 0.3) is 10.9 Å². The van der Waals surface area contributed by atoms with Gasteiger partial charge in [-0.15, -0.1) is 0 Å². The van der Waals surface area contributed by atoms with Gasteiger partial charge in [-0.25, -0.2) is 9.18 Å². The predicted octanol–water partition coefficient (Wildman–Crippen LogP) is 2.86. The highest BCUT2D eigenvalue weighted by molar-refractivity contribution is 5.97. The Balaban J connectivity index is 2.35. The molecule has 3 atom stereocenters. The van der Waals surface area contributed by atoms with E-state index in [1.54, 1.807) is 18.7 Å². The molecule has 3 rings (SSSR count). The second-order valence-electron chi connectivity index (χ2n) is 7.91. The summed E-state index contributed by atoms with van der Waals surface area (Å²) in [6.07, 6.45) is -4.78. The Kier molecular flexibility index (Phi) is 5.92. The molecule has 0 spiro atoms. The second-order valence-corrected chi connectivity index (χ2v) is 7.91. The van der Waals surface area contributed by atoms with E-state index >= 15 is 4.39 Å². The van der Waals surface area contributed by atoms with Crippen LogP contribution >= 0.6 is 0 Å². The summed E-state index contributed by atoms with van der Waals surface area (Å²) >= 11 is 0. The molecule has 1 saturated heterocycles. The number of carbonyl (C=O) groups is 1. The molecular formula is C20H22F4N2O5. The number of rotatable bonds is 4.